The maximum absolute atomic E-state index is 4.51. The van der Waals surface area contributed by atoms with Crippen molar-refractivity contribution in [3.63, 3.8) is 0 Å². The first-order valence-electron chi connectivity index (χ1n) is 5.01. The fourth-order valence-corrected chi connectivity index (χ4v) is 1.34. The molecule has 0 aromatic carbocycles. The molecule has 0 saturated heterocycles. The lowest BCUT2D eigenvalue weighted by Crippen LogP contribution is -2.29. The van der Waals surface area contributed by atoms with Crippen LogP contribution < -0.4 is 0 Å². The predicted molar refractivity (Wildman–Crippen MR) is 57.9 cm³/mol. The SMILES string of the molecule is CCCN1C=CC(C(C)(C)C)N=C1. The van der Waals surface area contributed by atoms with Gasteiger partial charge in [-0.05, 0) is 17.9 Å². The molecule has 13 heavy (non-hydrogen) atoms. The summed E-state index contributed by atoms with van der Waals surface area (Å²) in [5, 5.41) is 0. The number of nitrogens with zero attached hydrogens (tertiary/aromatic N) is 2. The minimum absolute atomic E-state index is 0.241. The summed E-state index contributed by atoms with van der Waals surface area (Å²) in [7, 11) is 0. The summed E-state index contributed by atoms with van der Waals surface area (Å²) >= 11 is 0. The Bertz CT molecular complexity index is 197. The standard InChI is InChI=1S/C11H20N2/c1-5-7-13-8-6-10(12-9-13)11(2,3)4/h6,8-10H,5,7H2,1-4H3. The van der Waals surface area contributed by atoms with Crippen molar-refractivity contribution in [1.82, 2.24) is 4.90 Å². The molecule has 1 atom stereocenters. The van der Waals surface area contributed by atoms with E-state index in [0.717, 1.165) is 13.0 Å². The van der Waals surface area contributed by atoms with Crippen LogP contribution in [0.1, 0.15) is 34.1 Å². The van der Waals surface area contributed by atoms with Gasteiger partial charge in [-0.2, -0.15) is 0 Å². The van der Waals surface area contributed by atoms with Gasteiger partial charge < -0.3 is 4.90 Å². The normalized spacial score (nSPS) is 22.5. The van der Waals surface area contributed by atoms with E-state index in [1.165, 1.54) is 0 Å². The molecule has 0 aromatic rings. The first kappa shape index (κ1) is 10.3. The minimum atomic E-state index is 0.241. The molecule has 0 radical (unpaired) electrons. The van der Waals surface area contributed by atoms with E-state index in [4.69, 9.17) is 0 Å². The summed E-state index contributed by atoms with van der Waals surface area (Å²) in [5.41, 5.74) is 0.241. The summed E-state index contributed by atoms with van der Waals surface area (Å²) in [6.45, 7) is 9.90. The van der Waals surface area contributed by atoms with Gasteiger partial charge in [-0.25, -0.2) is 0 Å². The van der Waals surface area contributed by atoms with E-state index in [-0.39, 0.29) is 5.41 Å². The van der Waals surface area contributed by atoms with Crippen LogP contribution in [-0.2, 0) is 0 Å². The summed E-state index contributed by atoms with van der Waals surface area (Å²) in [6.07, 6.45) is 7.46. The van der Waals surface area contributed by atoms with Gasteiger partial charge in [0.15, 0.2) is 0 Å². The van der Waals surface area contributed by atoms with E-state index in [1.54, 1.807) is 0 Å². The largest absolute Gasteiger partial charge is 0.340 e. The Hall–Kier alpha value is -0.790. The van der Waals surface area contributed by atoms with Crippen LogP contribution in [0.25, 0.3) is 0 Å². The number of hydrogen-bond donors (Lipinski definition) is 0. The summed E-state index contributed by atoms with van der Waals surface area (Å²) in [5.74, 6) is 0. The molecule has 0 spiro atoms. The Balaban J connectivity index is 2.53. The molecular weight excluding hydrogens is 160 g/mol. The van der Waals surface area contributed by atoms with Crippen LogP contribution in [0.2, 0.25) is 0 Å². The number of hydrogen-bond acceptors (Lipinski definition) is 2. The molecule has 1 heterocycles. The molecule has 0 saturated carbocycles. The van der Waals surface area contributed by atoms with Gasteiger partial charge in [0.1, 0.15) is 0 Å². The number of rotatable bonds is 2. The molecule has 74 valence electrons. The monoisotopic (exact) mass is 180 g/mol. The maximum atomic E-state index is 4.51. The third-order valence-electron chi connectivity index (χ3n) is 2.20. The lowest BCUT2D eigenvalue weighted by molar-refractivity contribution is 0.357. The van der Waals surface area contributed by atoms with Gasteiger partial charge in [0.25, 0.3) is 0 Å². The van der Waals surface area contributed by atoms with Crippen LogP contribution in [0, 0.1) is 5.41 Å². The lowest BCUT2D eigenvalue weighted by atomic mass is 9.87. The van der Waals surface area contributed by atoms with Crippen LogP contribution in [0.3, 0.4) is 0 Å². The second kappa shape index (κ2) is 3.95. The Morgan fingerprint density at radius 1 is 1.38 bits per heavy atom. The topological polar surface area (TPSA) is 15.6 Å². The Morgan fingerprint density at radius 2 is 2.08 bits per heavy atom. The van der Waals surface area contributed by atoms with Crippen LogP contribution in [0.5, 0.6) is 0 Å². The fraction of sp³-hybridized carbons (Fsp3) is 0.727. The van der Waals surface area contributed by atoms with Crippen LogP contribution in [0.15, 0.2) is 17.3 Å². The van der Waals surface area contributed by atoms with Gasteiger partial charge in [0.2, 0.25) is 0 Å². The molecule has 2 heteroatoms. The van der Waals surface area contributed by atoms with Gasteiger partial charge in [-0.1, -0.05) is 27.7 Å². The van der Waals surface area contributed by atoms with Crippen molar-refractivity contribution in [2.45, 2.75) is 40.2 Å². The summed E-state index contributed by atoms with van der Waals surface area (Å²) in [6, 6.07) is 0.334. The minimum Gasteiger partial charge on any atom is -0.340 e. The number of aliphatic imine (C=N–C) groups is 1. The molecule has 1 rings (SSSR count). The Labute approximate surface area is 81.3 Å². The van der Waals surface area contributed by atoms with Crippen molar-refractivity contribution in [2.75, 3.05) is 6.54 Å². The van der Waals surface area contributed by atoms with E-state index in [0.29, 0.717) is 6.04 Å². The lowest BCUT2D eigenvalue weighted by Gasteiger charge is -2.28. The van der Waals surface area contributed by atoms with Gasteiger partial charge in [-0.3, -0.25) is 4.99 Å². The molecule has 0 N–H and O–H groups in total. The van der Waals surface area contributed by atoms with Gasteiger partial charge in [-0.15, -0.1) is 0 Å². The second-order valence-electron chi connectivity index (χ2n) is 4.65. The van der Waals surface area contributed by atoms with Crippen molar-refractivity contribution in [1.29, 1.82) is 0 Å². The van der Waals surface area contributed by atoms with Crippen LogP contribution >= 0.6 is 0 Å². The highest BCUT2D eigenvalue weighted by molar-refractivity contribution is 5.58. The third kappa shape index (κ3) is 2.87. The van der Waals surface area contributed by atoms with Crippen molar-refractivity contribution in [2.24, 2.45) is 10.4 Å². The van der Waals surface area contributed by atoms with Gasteiger partial charge in [0.05, 0.1) is 12.4 Å². The van der Waals surface area contributed by atoms with E-state index in [2.05, 4.69) is 49.9 Å². The molecule has 0 fully saturated rings. The molecule has 0 amide bonds. The Morgan fingerprint density at radius 3 is 2.46 bits per heavy atom. The fourth-order valence-electron chi connectivity index (χ4n) is 1.34. The van der Waals surface area contributed by atoms with E-state index in [1.807, 2.05) is 6.34 Å². The highest BCUT2D eigenvalue weighted by atomic mass is 15.1. The van der Waals surface area contributed by atoms with Crippen molar-refractivity contribution in [3.05, 3.63) is 12.3 Å². The molecule has 2 nitrogen and oxygen atoms in total. The maximum Gasteiger partial charge on any atom is 0.0897 e. The summed E-state index contributed by atoms with van der Waals surface area (Å²) < 4.78 is 0. The van der Waals surface area contributed by atoms with E-state index >= 15 is 0 Å². The molecule has 1 aliphatic heterocycles. The molecule has 0 aromatic heterocycles. The van der Waals surface area contributed by atoms with Gasteiger partial charge in [0, 0.05) is 12.7 Å². The third-order valence-corrected chi connectivity index (χ3v) is 2.20. The van der Waals surface area contributed by atoms with Crippen molar-refractivity contribution < 1.29 is 0 Å². The zero-order valence-electron chi connectivity index (χ0n) is 9.12. The molecule has 1 unspecified atom stereocenters. The highest BCUT2D eigenvalue weighted by Crippen LogP contribution is 2.24. The van der Waals surface area contributed by atoms with E-state index < -0.39 is 0 Å². The molecule has 0 aliphatic carbocycles. The van der Waals surface area contributed by atoms with Crippen LogP contribution in [0.4, 0.5) is 0 Å². The van der Waals surface area contributed by atoms with Crippen LogP contribution in [-0.4, -0.2) is 23.8 Å². The zero-order chi connectivity index (χ0) is 9.90. The summed E-state index contributed by atoms with van der Waals surface area (Å²) in [4.78, 5) is 6.66. The van der Waals surface area contributed by atoms with Crippen molar-refractivity contribution in [3.8, 4) is 0 Å². The predicted octanol–water partition coefficient (Wildman–Crippen LogP) is 2.67. The first-order valence-corrected chi connectivity index (χ1v) is 5.01. The Kier molecular flexibility index (Phi) is 3.12. The van der Waals surface area contributed by atoms with E-state index in [9.17, 15) is 0 Å². The molecular formula is C11H20N2. The average molecular weight is 180 g/mol. The smallest absolute Gasteiger partial charge is 0.0897 e. The van der Waals surface area contributed by atoms with Crippen molar-refractivity contribution >= 4 is 6.34 Å². The molecule has 0 bridgehead atoms. The quantitative estimate of drug-likeness (QED) is 0.638. The first-order chi connectivity index (χ1) is 6.04. The zero-order valence-corrected chi connectivity index (χ0v) is 9.12. The van der Waals surface area contributed by atoms with Gasteiger partial charge >= 0.3 is 0 Å². The second-order valence-corrected chi connectivity index (χ2v) is 4.65. The highest BCUT2D eigenvalue weighted by Gasteiger charge is 2.22. The molecule has 1 aliphatic rings. The average Bonchev–Trinajstić information content (AvgIpc) is 2.04.